The maximum absolute atomic E-state index is 12.6. The molecule has 3 aromatic rings. The molecular formula is C21H22ClN5O2. The summed E-state index contributed by atoms with van der Waals surface area (Å²) in [5.41, 5.74) is 1.72. The van der Waals surface area contributed by atoms with Gasteiger partial charge in [-0.2, -0.15) is 4.80 Å². The fourth-order valence-corrected chi connectivity index (χ4v) is 3.76. The van der Waals surface area contributed by atoms with E-state index in [1.807, 2.05) is 42.5 Å². The van der Waals surface area contributed by atoms with Gasteiger partial charge in [-0.15, -0.1) is 10.2 Å². The van der Waals surface area contributed by atoms with E-state index in [4.69, 9.17) is 11.6 Å². The summed E-state index contributed by atoms with van der Waals surface area (Å²) in [5.74, 6) is 0.569. The summed E-state index contributed by atoms with van der Waals surface area (Å²) in [6.45, 7) is 1.28. The number of carbonyl (C=O) groups is 1. The van der Waals surface area contributed by atoms with Crippen molar-refractivity contribution in [2.45, 2.75) is 25.5 Å². The van der Waals surface area contributed by atoms with Gasteiger partial charge in [0, 0.05) is 23.7 Å². The van der Waals surface area contributed by atoms with Gasteiger partial charge in [0.05, 0.1) is 6.10 Å². The lowest BCUT2D eigenvalue weighted by Crippen LogP contribution is -2.41. The number of halogens is 1. The SMILES string of the molecule is O=C(Cn1nnc(-c2ccc(Cl)cc2)n1)N1CCC(C(O)c2ccccc2)CC1. The fraction of sp³-hybridized carbons (Fsp3) is 0.333. The minimum atomic E-state index is -0.493. The van der Waals surface area contributed by atoms with Crippen LogP contribution in [0.15, 0.2) is 54.6 Å². The monoisotopic (exact) mass is 411 g/mol. The summed E-state index contributed by atoms with van der Waals surface area (Å²) in [4.78, 5) is 15.7. The minimum absolute atomic E-state index is 0.0438. The smallest absolute Gasteiger partial charge is 0.246 e. The highest BCUT2D eigenvalue weighted by atomic mass is 35.5. The van der Waals surface area contributed by atoms with Crippen molar-refractivity contribution in [1.29, 1.82) is 0 Å². The average Bonchev–Trinajstić information content (AvgIpc) is 3.23. The number of nitrogens with zero attached hydrogens (tertiary/aromatic N) is 5. The van der Waals surface area contributed by atoms with Crippen molar-refractivity contribution in [3.8, 4) is 11.4 Å². The number of amides is 1. The van der Waals surface area contributed by atoms with Crippen molar-refractivity contribution < 1.29 is 9.90 Å². The number of hydrogen-bond acceptors (Lipinski definition) is 5. The average molecular weight is 412 g/mol. The first-order valence-electron chi connectivity index (χ1n) is 9.64. The van der Waals surface area contributed by atoms with Gasteiger partial charge in [-0.1, -0.05) is 41.9 Å². The Morgan fingerprint density at radius 3 is 2.48 bits per heavy atom. The van der Waals surface area contributed by atoms with E-state index >= 15 is 0 Å². The maximum atomic E-state index is 12.6. The predicted octanol–water partition coefficient (Wildman–Crippen LogP) is 2.97. The molecule has 0 saturated carbocycles. The van der Waals surface area contributed by atoms with Crippen molar-refractivity contribution in [2.75, 3.05) is 13.1 Å². The highest BCUT2D eigenvalue weighted by molar-refractivity contribution is 6.30. The number of benzene rings is 2. The van der Waals surface area contributed by atoms with Crippen molar-refractivity contribution in [1.82, 2.24) is 25.1 Å². The van der Waals surface area contributed by atoms with Crippen molar-refractivity contribution in [2.24, 2.45) is 5.92 Å². The van der Waals surface area contributed by atoms with E-state index in [1.165, 1.54) is 4.80 Å². The topological polar surface area (TPSA) is 84.1 Å². The fourth-order valence-electron chi connectivity index (χ4n) is 3.63. The van der Waals surface area contributed by atoms with Gasteiger partial charge in [0.1, 0.15) is 6.54 Å². The standard InChI is InChI=1S/C21H22ClN5O2/c22-18-8-6-17(7-9-18)21-23-25-27(24-21)14-19(28)26-12-10-16(11-13-26)20(29)15-4-2-1-3-5-15/h1-9,16,20,29H,10-14H2. The molecule has 0 radical (unpaired) electrons. The van der Waals surface area contributed by atoms with Crippen LogP contribution in [0.5, 0.6) is 0 Å². The van der Waals surface area contributed by atoms with Crippen LogP contribution in [0.25, 0.3) is 11.4 Å². The number of aliphatic hydroxyl groups is 1. The lowest BCUT2D eigenvalue weighted by Gasteiger charge is -2.34. The molecule has 1 aromatic heterocycles. The van der Waals surface area contributed by atoms with Crippen LogP contribution in [-0.2, 0) is 11.3 Å². The van der Waals surface area contributed by atoms with Crippen LogP contribution in [0, 0.1) is 5.92 Å². The van der Waals surface area contributed by atoms with Gasteiger partial charge in [-0.25, -0.2) is 0 Å². The molecule has 1 aliphatic heterocycles. The number of hydrogen-bond donors (Lipinski definition) is 1. The second-order valence-electron chi connectivity index (χ2n) is 7.22. The zero-order valence-corrected chi connectivity index (χ0v) is 16.6. The van der Waals surface area contributed by atoms with Crippen molar-refractivity contribution >= 4 is 17.5 Å². The van der Waals surface area contributed by atoms with E-state index in [1.54, 1.807) is 17.0 Å². The molecule has 2 aromatic carbocycles. The molecular weight excluding hydrogens is 390 g/mol. The Balaban J connectivity index is 1.32. The van der Waals surface area contributed by atoms with Gasteiger partial charge in [-0.3, -0.25) is 4.79 Å². The molecule has 1 atom stereocenters. The Kier molecular flexibility index (Phi) is 5.87. The van der Waals surface area contributed by atoms with Crippen LogP contribution < -0.4 is 0 Å². The third-order valence-corrected chi connectivity index (χ3v) is 5.56. The number of tetrazole rings is 1. The summed E-state index contributed by atoms with van der Waals surface area (Å²) in [7, 11) is 0. The van der Waals surface area contributed by atoms with Crippen LogP contribution in [0.4, 0.5) is 0 Å². The Bertz CT molecular complexity index is 953. The largest absolute Gasteiger partial charge is 0.388 e. The molecule has 1 amide bonds. The zero-order chi connectivity index (χ0) is 20.2. The molecule has 29 heavy (non-hydrogen) atoms. The first-order chi connectivity index (χ1) is 14.1. The zero-order valence-electron chi connectivity index (χ0n) is 15.9. The summed E-state index contributed by atoms with van der Waals surface area (Å²) in [6, 6.07) is 16.8. The maximum Gasteiger partial charge on any atom is 0.246 e. The molecule has 0 bridgehead atoms. The first kappa shape index (κ1) is 19.5. The molecule has 1 aliphatic rings. The lowest BCUT2D eigenvalue weighted by atomic mass is 9.87. The summed E-state index contributed by atoms with van der Waals surface area (Å²) in [5, 5.41) is 23.5. The number of piperidine rings is 1. The highest BCUT2D eigenvalue weighted by Gasteiger charge is 2.28. The number of carbonyl (C=O) groups excluding carboxylic acids is 1. The highest BCUT2D eigenvalue weighted by Crippen LogP contribution is 2.30. The van der Waals surface area contributed by atoms with Gasteiger partial charge in [-0.05, 0) is 53.8 Å². The first-order valence-corrected chi connectivity index (χ1v) is 10.0. The van der Waals surface area contributed by atoms with Gasteiger partial charge in [0.25, 0.3) is 0 Å². The van der Waals surface area contributed by atoms with Crippen LogP contribution in [-0.4, -0.2) is 49.2 Å². The Labute approximate surface area is 173 Å². The molecule has 1 N–H and O–H groups in total. The molecule has 0 spiro atoms. The molecule has 8 heteroatoms. The Morgan fingerprint density at radius 1 is 1.10 bits per heavy atom. The number of aliphatic hydroxyl groups excluding tert-OH is 1. The second kappa shape index (κ2) is 8.71. The predicted molar refractivity (Wildman–Crippen MR) is 109 cm³/mol. The normalized spacial score (nSPS) is 16.0. The minimum Gasteiger partial charge on any atom is -0.388 e. The van der Waals surface area contributed by atoms with Crippen LogP contribution in [0.3, 0.4) is 0 Å². The molecule has 2 heterocycles. The van der Waals surface area contributed by atoms with Crippen LogP contribution in [0.1, 0.15) is 24.5 Å². The van der Waals surface area contributed by atoms with E-state index in [2.05, 4.69) is 15.4 Å². The van der Waals surface area contributed by atoms with Gasteiger partial charge in [0.15, 0.2) is 0 Å². The van der Waals surface area contributed by atoms with Crippen molar-refractivity contribution in [3.05, 3.63) is 65.2 Å². The molecule has 7 nitrogen and oxygen atoms in total. The van der Waals surface area contributed by atoms with Gasteiger partial charge < -0.3 is 10.0 Å². The molecule has 4 rings (SSSR count). The summed E-state index contributed by atoms with van der Waals surface area (Å²) < 4.78 is 0. The van der Waals surface area contributed by atoms with Gasteiger partial charge in [0.2, 0.25) is 11.7 Å². The molecule has 1 saturated heterocycles. The summed E-state index contributed by atoms with van der Waals surface area (Å²) >= 11 is 5.90. The molecule has 150 valence electrons. The number of rotatable bonds is 5. The van der Waals surface area contributed by atoms with Gasteiger partial charge >= 0.3 is 0 Å². The molecule has 1 fully saturated rings. The van der Waals surface area contributed by atoms with E-state index in [0.717, 1.165) is 24.0 Å². The second-order valence-corrected chi connectivity index (χ2v) is 7.66. The van der Waals surface area contributed by atoms with E-state index in [9.17, 15) is 9.90 Å². The van der Waals surface area contributed by atoms with E-state index in [0.29, 0.717) is 23.9 Å². The number of aromatic nitrogens is 4. The quantitative estimate of drug-likeness (QED) is 0.697. The van der Waals surface area contributed by atoms with E-state index in [-0.39, 0.29) is 18.4 Å². The van der Waals surface area contributed by atoms with E-state index < -0.39 is 6.10 Å². The van der Waals surface area contributed by atoms with Crippen LogP contribution >= 0.6 is 11.6 Å². The third-order valence-electron chi connectivity index (χ3n) is 5.31. The Hall–Kier alpha value is -2.77. The van der Waals surface area contributed by atoms with Crippen LogP contribution in [0.2, 0.25) is 5.02 Å². The molecule has 1 unspecified atom stereocenters. The van der Waals surface area contributed by atoms with Crippen molar-refractivity contribution in [3.63, 3.8) is 0 Å². The number of likely N-dealkylation sites (tertiary alicyclic amines) is 1. The Morgan fingerprint density at radius 2 is 1.79 bits per heavy atom. The third kappa shape index (κ3) is 4.63. The molecule has 0 aliphatic carbocycles. The lowest BCUT2D eigenvalue weighted by molar-refractivity contribution is -0.134. The summed E-state index contributed by atoms with van der Waals surface area (Å²) in [6.07, 6.45) is 1.04.